The van der Waals surface area contributed by atoms with E-state index in [2.05, 4.69) is 13.8 Å². The highest BCUT2D eigenvalue weighted by Gasteiger charge is 2.29. The van der Waals surface area contributed by atoms with E-state index in [0.29, 0.717) is 52.2 Å². The van der Waals surface area contributed by atoms with E-state index in [9.17, 15) is 38.4 Å². The van der Waals surface area contributed by atoms with Crippen LogP contribution >= 0.6 is 0 Å². The maximum absolute atomic E-state index is 11.9. The third-order valence-electron chi connectivity index (χ3n) is 11.8. The van der Waals surface area contributed by atoms with Crippen LogP contribution in [0.15, 0.2) is 194 Å². The van der Waals surface area contributed by atoms with Crippen LogP contribution in [0.4, 0.5) is 22.7 Å². The Kier molecular flexibility index (Phi) is 12.4. The highest BCUT2D eigenvalue weighted by molar-refractivity contribution is 6.30. The fourth-order valence-electron chi connectivity index (χ4n) is 8.03. The highest BCUT2D eigenvalue weighted by Crippen LogP contribution is 2.36. The van der Waals surface area contributed by atoms with Crippen LogP contribution in [-0.4, -0.2) is 47.3 Å². The molecule has 0 fully saturated rings. The number of hydrogen-bond donors (Lipinski definition) is 0. The van der Waals surface area contributed by atoms with Gasteiger partial charge in [0, 0.05) is 54.0 Å². The molecule has 6 aromatic carbocycles. The lowest BCUT2D eigenvalue weighted by Crippen LogP contribution is -2.29. The van der Waals surface area contributed by atoms with E-state index in [1.54, 1.807) is 72.8 Å². The fourth-order valence-corrected chi connectivity index (χ4v) is 8.03. The van der Waals surface area contributed by atoms with E-state index >= 15 is 0 Å². The smallest absolute Gasteiger partial charge is 0.258 e. The predicted molar refractivity (Wildman–Crippen MR) is 260 cm³/mol. The van der Waals surface area contributed by atoms with Crippen molar-refractivity contribution in [3.05, 3.63) is 216 Å². The Morgan fingerprint density at radius 1 is 0.300 bits per heavy atom. The van der Waals surface area contributed by atoms with Crippen molar-refractivity contribution in [3.8, 4) is 23.0 Å². The number of imide groups is 4. The third kappa shape index (κ3) is 9.50. The lowest BCUT2D eigenvalue weighted by atomic mass is 9.78. The molecular formula is C56H40N4O10. The Morgan fingerprint density at radius 2 is 0.500 bits per heavy atom. The van der Waals surface area contributed by atoms with Crippen molar-refractivity contribution in [1.82, 2.24) is 0 Å². The van der Waals surface area contributed by atoms with Gasteiger partial charge < -0.3 is 9.47 Å². The Bertz CT molecular complexity index is 2940. The number of anilines is 4. The molecule has 70 heavy (non-hydrogen) atoms. The molecule has 8 amide bonds. The van der Waals surface area contributed by atoms with E-state index in [1.807, 2.05) is 72.8 Å². The number of carbonyl (C=O) groups excluding carboxylic acids is 8. The number of carbonyl (C=O) groups is 8. The Hall–Kier alpha value is -9.56. The number of amides is 8. The lowest BCUT2D eigenvalue weighted by molar-refractivity contribution is -0.121. The standard InChI is InChI=1S/C35H26N2O6.C21H14N2O4/c1-35(2,23-3-11-27(12-4-23)42-29-15-7-25(8-16-29)36-31(38)19-20-32(36)39)24-5-13-28(14-6-24)43-30-17-9-26(10-18-30)37-33(40)21-22-34(37)41;24-18-9-10-19(25)22(18)16-5-1-14(2-6-16)13-15-3-7-17(8-4-15)23-20(26)11-12-21(23)27/h3-22H,1-2H3;1-12H,13H2. The Labute approximate surface area is 401 Å². The molecule has 6 aromatic rings. The summed E-state index contributed by atoms with van der Waals surface area (Å²) in [6.45, 7) is 4.28. The van der Waals surface area contributed by atoms with Gasteiger partial charge in [0.25, 0.3) is 47.3 Å². The molecule has 0 radical (unpaired) electrons. The summed E-state index contributed by atoms with van der Waals surface area (Å²) in [6.07, 6.45) is 10.7. The quantitative estimate of drug-likeness (QED) is 0.108. The summed E-state index contributed by atoms with van der Waals surface area (Å²) in [4.78, 5) is 98.9. The minimum absolute atomic E-state index is 0.300. The van der Waals surface area contributed by atoms with Crippen LogP contribution < -0.4 is 29.1 Å². The summed E-state index contributed by atoms with van der Waals surface area (Å²) < 4.78 is 12.0. The molecule has 344 valence electrons. The van der Waals surface area contributed by atoms with Gasteiger partial charge in [-0.3, -0.25) is 38.4 Å². The zero-order valence-electron chi connectivity index (χ0n) is 37.6. The lowest BCUT2D eigenvalue weighted by Gasteiger charge is -2.26. The number of rotatable bonds is 12. The van der Waals surface area contributed by atoms with Crippen LogP contribution in [0.2, 0.25) is 0 Å². The van der Waals surface area contributed by atoms with Gasteiger partial charge in [-0.1, -0.05) is 62.4 Å². The predicted octanol–water partition coefficient (Wildman–Crippen LogP) is 8.59. The zero-order valence-corrected chi connectivity index (χ0v) is 37.6. The molecular weight excluding hydrogens is 889 g/mol. The molecule has 0 N–H and O–H groups in total. The summed E-state index contributed by atoms with van der Waals surface area (Å²) in [5, 5.41) is 0. The number of ether oxygens (including phenoxy) is 2. The minimum atomic E-state index is -0.362. The third-order valence-corrected chi connectivity index (χ3v) is 11.8. The summed E-state index contributed by atoms with van der Waals surface area (Å²) >= 11 is 0. The second kappa shape index (κ2) is 19.0. The topological polar surface area (TPSA) is 168 Å². The average molecular weight is 929 g/mol. The van der Waals surface area contributed by atoms with E-state index < -0.39 is 0 Å². The van der Waals surface area contributed by atoms with E-state index in [-0.39, 0.29) is 52.7 Å². The molecule has 0 unspecified atom stereocenters. The van der Waals surface area contributed by atoms with Crippen LogP contribution in [0.3, 0.4) is 0 Å². The van der Waals surface area contributed by atoms with Gasteiger partial charge in [-0.2, -0.15) is 0 Å². The van der Waals surface area contributed by atoms with Crippen molar-refractivity contribution in [3.63, 3.8) is 0 Å². The second-order valence-corrected chi connectivity index (χ2v) is 16.8. The van der Waals surface area contributed by atoms with Crippen molar-refractivity contribution in [2.45, 2.75) is 25.7 Å². The van der Waals surface area contributed by atoms with Crippen LogP contribution in [0.1, 0.15) is 36.1 Å². The first-order valence-electron chi connectivity index (χ1n) is 21.9. The van der Waals surface area contributed by atoms with E-state index in [4.69, 9.17) is 9.47 Å². The molecule has 0 spiro atoms. The van der Waals surface area contributed by atoms with Gasteiger partial charge in [0.2, 0.25) is 0 Å². The monoisotopic (exact) mass is 928 g/mol. The van der Waals surface area contributed by atoms with E-state index in [0.717, 1.165) is 41.9 Å². The molecule has 4 aliphatic rings. The van der Waals surface area contributed by atoms with Crippen molar-refractivity contribution in [1.29, 1.82) is 0 Å². The highest BCUT2D eigenvalue weighted by atomic mass is 16.5. The van der Waals surface area contributed by atoms with Gasteiger partial charge in [0.15, 0.2) is 0 Å². The van der Waals surface area contributed by atoms with Gasteiger partial charge in [-0.25, -0.2) is 19.6 Å². The molecule has 0 saturated carbocycles. The van der Waals surface area contributed by atoms with Crippen LogP contribution in [0.5, 0.6) is 23.0 Å². The fraction of sp³-hybridized carbons (Fsp3) is 0.0714. The summed E-state index contributed by atoms with van der Waals surface area (Å²) in [6, 6.07) is 43.7. The van der Waals surface area contributed by atoms with Gasteiger partial charge in [0.05, 0.1) is 22.7 Å². The van der Waals surface area contributed by atoms with Crippen molar-refractivity contribution in [2.75, 3.05) is 19.6 Å². The second-order valence-electron chi connectivity index (χ2n) is 16.8. The first-order chi connectivity index (χ1) is 33.7. The number of benzene rings is 6. The molecule has 4 aliphatic heterocycles. The van der Waals surface area contributed by atoms with Crippen LogP contribution in [-0.2, 0) is 50.2 Å². The summed E-state index contributed by atoms with van der Waals surface area (Å²) in [5.41, 5.74) is 5.96. The maximum atomic E-state index is 11.9. The first kappa shape index (κ1) is 45.6. The number of hydrogen-bond acceptors (Lipinski definition) is 10. The van der Waals surface area contributed by atoms with Crippen LogP contribution in [0.25, 0.3) is 0 Å². The molecule has 0 aliphatic carbocycles. The Balaban J connectivity index is 0.000000193. The maximum Gasteiger partial charge on any atom is 0.258 e. The molecule has 0 atom stereocenters. The van der Waals surface area contributed by atoms with Crippen molar-refractivity contribution >= 4 is 70.0 Å². The minimum Gasteiger partial charge on any atom is -0.457 e. The van der Waals surface area contributed by atoms with Gasteiger partial charge in [0.1, 0.15) is 23.0 Å². The Morgan fingerprint density at radius 3 is 0.729 bits per heavy atom. The van der Waals surface area contributed by atoms with Gasteiger partial charge >= 0.3 is 0 Å². The van der Waals surface area contributed by atoms with Crippen molar-refractivity contribution < 1.29 is 47.8 Å². The van der Waals surface area contributed by atoms with Gasteiger partial charge in [-0.05, 0) is 126 Å². The van der Waals surface area contributed by atoms with Crippen LogP contribution in [0, 0.1) is 0 Å². The molecule has 14 heteroatoms. The molecule has 4 heterocycles. The summed E-state index contributed by atoms with van der Waals surface area (Å²) in [7, 11) is 0. The molecule has 10 rings (SSSR count). The summed E-state index contributed by atoms with van der Waals surface area (Å²) in [5.74, 6) is -0.332. The molecule has 0 aromatic heterocycles. The zero-order chi connectivity index (χ0) is 49.1. The van der Waals surface area contributed by atoms with E-state index in [1.165, 1.54) is 48.6 Å². The molecule has 0 saturated heterocycles. The van der Waals surface area contributed by atoms with Crippen molar-refractivity contribution in [2.24, 2.45) is 0 Å². The largest absolute Gasteiger partial charge is 0.457 e. The molecule has 14 nitrogen and oxygen atoms in total. The first-order valence-corrected chi connectivity index (χ1v) is 21.9. The number of nitrogens with zero attached hydrogens (tertiary/aromatic N) is 4. The normalized spacial score (nSPS) is 15.2. The van der Waals surface area contributed by atoms with Gasteiger partial charge in [-0.15, -0.1) is 0 Å². The average Bonchev–Trinajstić information content (AvgIpc) is 4.10. The SMILES string of the molecule is CC(C)(c1ccc(Oc2ccc(N3C(=O)C=CC3=O)cc2)cc1)c1ccc(Oc2ccc(N3C(=O)C=CC3=O)cc2)cc1.O=C1C=CC(=O)N1c1ccc(Cc2ccc(N3C(=O)C=CC3=O)cc2)cc1. The molecule has 0 bridgehead atoms.